The number of halogens is 1. The van der Waals surface area contributed by atoms with E-state index >= 15 is 0 Å². The lowest BCUT2D eigenvalue weighted by Crippen LogP contribution is -2.01. The van der Waals surface area contributed by atoms with E-state index in [2.05, 4.69) is 4.98 Å². The average molecular weight is 258 g/mol. The average Bonchev–Trinajstić information content (AvgIpc) is 2.75. The number of rotatable bonds is 3. The van der Waals surface area contributed by atoms with Gasteiger partial charge in [-0.25, -0.2) is 4.98 Å². The number of thiazole rings is 1. The van der Waals surface area contributed by atoms with Gasteiger partial charge in [-0.05, 0) is 18.4 Å². The second kappa shape index (κ2) is 4.43. The number of aryl methyl sites for hydroxylation is 1. The van der Waals surface area contributed by atoms with Crippen LogP contribution in [0, 0.1) is 6.92 Å². The van der Waals surface area contributed by atoms with Gasteiger partial charge in [0, 0.05) is 11.1 Å². The molecular weight excluding hydrogens is 250 g/mol. The van der Waals surface area contributed by atoms with E-state index in [0.717, 1.165) is 10.7 Å². The van der Waals surface area contributed by atoms with Gasteiger partial charge in [-0.2, -0.15) is 0 Å². The third-order valence-electron chi connectivity index (χ3n) is 1.85. The topological polar surface area (TPSA) is 30.0 Å². The Labute approximate surface area is 101 Å². The number of carbonyl (C=O) groups is 1. The molecule has 0 radical (unpaired) electrons. The minimum atomic E-state index is 0.0457. The van der Waals surface area contributed by atoms with Gasteiger partial charge in [0.25, 0.3) is 0 Å². The highest BCUT2D eigenvalue weighted by atomic mass is 35.5. The molecule has 0 bridgehead atoms. The van der Waals surface area contributed by atoms with Crippen molar-refractivity contribution in [2.75, 3.05) is 0 Å². The van der Waals surface area contributed by atoms with Crippen LogP contribution in [0.25, 0.3) is 0 Å². The zero-order chi connectivity index (χ0) is 10.8. The first-order chi connectivity index (χ1) is 7.16. The maximum absolute atomic E-state index is 11.8. The van der Waals surface area contributed by atoms with Crippen LogP contribution in [0.3, 0.4) is 0 Å². The summed E-state index contributed by atoms with van der Waals surface area (Å²) in [4.78, 5) is 16.7. The molecule has 0 aliphatic heterocycles. The van der Waals surface area contributed by atoms with Crippen molar-refractivity contribution in [2.24, 2.45) is 0 Å². The number of hydrogen-bond donors (Lipinski definition) is 0. The van der Waals surface area contributed by atoms with Gasteiger partial charge < -0.3 is 0 Å². The number of hydrogen-bond acceptors (Lipinski definition) is 4. The largest absolute Gasteiger partial charge is 0.293 e. The number of carbonyl (C=O) groups excluding carboxylic acids is 1. The van der Waals surface area contributed by atoms with E-state index in [9.17, 15) is 4.79 Å². The summed E-state index contributed by atoms with van der Waals surface area (Å²) in [6.07, 6.45) is 0.346. The van der Waals surface area contributed by atoms with Gasteiger partial charge in [-0.15, -0.1) is 22.7 Å². The van der Waals surface area contributed by atoms with Gasteiger partial charge in [0.2, 0.25) is 0 Å². The molecule has 0 aliphatic rings. The van der Waals surface area contributed by atoms with Crippen LogP contribution >= 0.6 is 34.3 Å². The first-order valence-electron chi connectivity index (χ1n) is 4.34. The SMILES string of the molecule is Cc1csc(CC(=O)c2sccc2Cl)n1. The summed E-state index contributed by atoms with van der Waals surface area (Å²) in [5.41, 5.74) is 0.958. The van der Waals surface area contributed by atoms with Gasteiger partial charge in [-0.1, -0.05) is 11.6 Å². The Kier molecular flexibility index (Phi) is 3.19. The Balaban J connectivity index is 2.14. The summed E-state index contributed by atoms with van der Waals surface area (Å²) in [5.74, 6) is 0.0457. The molecule has 0 amide bonds. The van der Waals surface area contributed by atoms with Crippen LogP contribution in [0.1, 0.15) is 20.4 Å². The lowest BCUT2D eigenvalue weighted by molar-refractivity contribution is 0.0997. The van der Waals surface area contributed by atoms with Crippen LogP contribution in [0.4, 0.5) is 0 Å². The van der Waals surface area contributed by atoms with Gasteiger partial charge in [0.05, 0.1) is 16.3 Å². The van der Waals surface area contributed by atoms with Crippen LogP contribution in [-0.4, -0.2) is 10.8 Å². The summed E-state index contributed by atoms with van der Waals surface area (Å²) < 4.78 is 0. The van der Waals surface area contributed by atoms with Crippen molar-refractivity contribution >= 4 is 40.1 Å². The molecule has 0 aromatic carbocycles. The highest BCUT2D eigenvalue weighted by Gasteiger charge is 2.13. The van der Waals surface area contributed by atoms with Crippen LogP contribution in [0.2, 0.25) is 5.02 Å². The van der Waals surface area contributed by atoms with E-state index in [4.69, 9.17) is 11.6 Å². The first kappa shape index (κ1) is 10.8. The van der Waals surface area contributed by atoms with E-state index in [1.54, 1.807) is 6.07 Å². The van der Waals surface area contributed by atoms with Crippen molar-refractivity contribution in [2.45, 2.75) is 13.3 Å². The van der Waals surface area contributed by atoms with Crippen molar-refractivity contribution in [3.63, 3.8) is 0 Å². The molecule has 78 valence electrons. The second-order valence-corrected chi connectivity index (χ2v) is 5.35. The summed E-state index contributed by atoms with van der Waals surface area (Å²) in [5, 5.41) is 5.15. The molecule has 0 atom stereocenters. The van der Waals surface area contributed by atoms with Gasteiger partial charge in [-0.3, -0.25) is 4.79 Å². The van der Waals surface area contributed by atoms with Crippen molar-refractivity contribution in [1.82, 2.24) is 4.98 Å². The quantitative estimate of drug-likeness (QED) is 0.787. The van der Waals surface area contributed by atoms with Gasteiger partial charge in [0.1, 0.15) is 5.01 Å². The van der Waals surface area contributed by atoms with Crippen LogP contribution in [-0.2, 0) is 6.42 Å². The monoisotopic (exact) mass is 257 g/mol. The predicted octanol–water partition coefficient (Wildman–Crippen LogP) is 3.59. The Morgan fingerprint density at radius 3 is 2.87 bits per heavy atom. The Morgan fingerprint density at radius 2 is 2.33 bits per heavy atom. The molecule has 0 unspecified atom stereocenters. The first-order valence-corrected chi connectivity index (χ1v) is 6.48. The third kappa shape index (κ3) is 2.45. The highest BCUT2D eigenvalue weighted by molar-refractivity contribution is 7.13. The molecule has 15 heavy (non-hydrogen) atoms. The molecule has 0 aliphatic carbocycles. The van der Waals surface area contributed by atoms with E-state index in [1.165, 1.54) is 22.7 Å². The summed E-state index contributed by atoms with van der Waals surface area (Å²) in [6, 6.07) is 1.74. The van der Waals surface area contributed by atoms with E-state index in [0.29, 0.717) is 16.3 Å². The standard InChI is InChI=1S/C10H8ClNOS2/c1-6-5-15-9(12-6)4-8(13)10-7(11)2-3-14-10/h2-3,5H,4H2,1H3. The van der Waals surface area contributed by atoms with Crippen LogP contribution in [0.15, 0.2) is 16.8 Å². The number of ketones is 1. The Morgan fingerprint density at radius 1 is 1.53 bits per heavy atom. The van der Waals surface area contributed by atoms with Crippen molar-refractivity contribution in [3.8, 4) is 0 Å². The number of thiophene rings is 1. The fourth-order valence-electron chi connectivity index (χ4n) is 1.19. The molecular formula is C10H8ClNOS2. The summed E-state index contributed by atoms with van der Waals surface area (Å²) in [6.45, 7) is 1.92. The van der Waals surface area contributed by atoms with Crippen molar-refractivity contribution in [1.29, 1.82) is 0 Å². The molecule has 2 aromatic rings. The van der Waals surface area contributed by atoms with Gasteiger partial charge in [0.15, 0.2) is 5.78 Å². The number of Topliss-reactive ketones (excluding diaryl/α,β-unsaturated/α-hetero) is 1. The Hall–Kier alpha value is -0.710. The number of aromatic nitrogens is 1. The zero-order valence-corrected chi connectivity index (χ0v) is 10.4. The predicted molar refractivity (Wildman–Crippen MR) is 64.2 cm³/mol. The molecule has 0 spiro atoms. The van der Waals surface area contributed by atoms with E-state index < -0.39 is 0 Å². The highest BCUT2D eigenvalue weighted by Crippen LogP contribution is 2.24. The molecule has 0 saturated carbocycles. The van der Waals surface area contributed by atoms with Crippen LogP contribution < -0.4 is 0 Å². The fourth-order valence-corrected chi connectivity index (χ4v) is 3.07. The van der Waals surface area contributed by atoms with Crippen LogP contribution in [0.5, 0.6) is 0 Å². The Bertz CT molecular complexity index is 489. The molecule has 2 nitrogen and oxygen atoms in total. The second-order valence-electron chi connectivity index (χ2n) is 3.08. The van der Waals surface area contributed by atoms with E-state index in [1.807, 2.05) is 17.7 Å². The van der Waals surface area contributed by atoms with Crippen molar-refractivity contribution in [3.05, 3.63) is 37.4 Å². The third-order valence-corrected chi connectivity index (χ3v) is 4.20. The molecule has 5 heteroatoms. The summed E-state index contributed by atoms with van der Waals surface area (Å²) in [7, 11) is 0. The maximum atomic E-state index is 11.8. The molecule has 0 N–H and O–H groups in total. The zero-order valence-electron chi connectivity index (χ0n) is 7.99. The summed E-state index contributed by atoms with van der Waals surface area (Å²) >= 11 is 8.77. The number of nitrogens with zero attached hydrogens (tertiary/aromatic N) is 1. The normalized spacial score (nSPS) is 10.5. The minimum absolute atomic E-state index is 0.0457. The smallest absolute Gasteiger partial charge is 0.181 e. The molecule has 2 aromatic heterocycles. The molecule has 0 fully saturated rings. The fraction of sp³-hybridized carbons (Fsp3) is 0.200. The van der Waals surface area contributed by atoms with E-state index in [-0.39, 0.29) is 5.78 Å². The van der Waals surface area contributed by atoms with Gasteiger partial charge >= 0.3 is 0 Å². The lowest BCUT2D eigenvalue weighted by Gasteiger charge is -1.94. The maximum Gasteiger partial charge on any atom is 0.181 e. The lowest BCUT2D eigenvalue weighted by atomic mass is 10.2. The van der Waals surface area contributed by atoms with Crippen molar-refractivity contribution < 1.29 is 4.79 Å². The minimum Gasteiger partial charge on any atom is -0.293 e. The molecule has 2 heterocycles. The molecule has 0 saturated heterocycles. The molecule has 2 rings (SSSR count).